The topological polar surface area (TPSA) is 41.5 Å². The molecule has 0 aromatic heterocycles. The van der Waals surface area contributed by atoms with Crippen LogP contribution in [0.3, 0.4) is 0 Å². The molecule has 0 bridgehead atoms. The normalized spacial score (nSPS) is 37.5. The van der Waals surface area contributed by atoms with Crippen LogP contribution < -0.4 is 5.32 Å². The van der Waals surface area contributed by atoms with Crippen molar-refractivity contribution in [2.24, 2.45) is 0 Å². The molecule has 1 atom stereocenters. The summed E-state index contributed by atoms with van der Waals surface area (Å²) in [7, 11) is 0. The summed E-state index contributed by atoms with van der Waals surface area (Å²) in [6.45, 7) is 2.47. The first-order valence-electron chi connectivity index (χ1n) is 3.86. The maximum absolute atomic E-state index is 9.51. The fourth-order valence-corrected chi connectivity index (χ4v) is 1.62. The molecular weight excluding hydrogens is 130 g/mol. The second-order valence-corrected chi connectivity index (χ2v) is 3.17. The highest BCUT2D eigenvalue weighted by Crippen LogP contribution is 2.28. The molecule has 10 heavy (non-hydrogen) atoms. The number of aliphatic hydroxyl groups is 1. The number of ether oxygens (including phenoxy) is 1. The lowest BCUT2D eigenvalue weighted by Gasteiger charge is -2.48. The zero-order chi connectivity index (χ0) is 7.03. The molecule has 2 saturated heterocycles. The molecule has 0 saturated carbocycles. The van der Waals surface area contributed by atoms with Crippen LogP contribution in [0.5, 0.6) is 0 Å². The van der Waals surface area contributed by atoms with E-state index < -0.39 is 0 Å². The monoisotopic (exact) mass is 143 g/mol. The van der Waals surface area contributed by atoms with Gasteiger partial charge in [-0.1, -0.05) is 0 Å². The Morgan fingerprint density at radius 1 is 1.50 bits per heavy atom. The van der Waals surface area contributed by atoms with Crippen LogP contribution in [0.15, 0.2) is 0 Å². The van der Waals surface area contributed by atoms with Crippen molar-refractivity contribution in [3.05, 3.63) is 0 Å². The van der Waals surface area contributed by atoms with Crippen molar-refractivity contribution < 1.29 is 9.84 Å². The van der Waals surface area contributed by atoms with Gasteiger partial charge in [0, 0.05) is 19.7 Å². The molecule has 0 radical (unpaired) electrons. The van der Waals surface area contributed by atoms with Crippen molar-refractivity contribution in [1.29, 1.82) is 0 Å². The number of hydrogen-bond donors (Lipinski definition) is 2. The minimum absolute atomic E-state index is 0.196. The molecule has 2 aliphatic rings. The number of rotatable bonds is 0. The summed E-state index contributed by atoms with van der Waals surface area (Å²) in [4.78, 5) is 0. The van der Waals surface area contributed by atoms with Crippen LogP contribution in [-0.2, 0) is 4.74 Å². The molecule has 2 heterocycles. The summed E-state index contributed by atoms with van der Waals surface area (Å²) in [6.07, 6.45) is 1.67. The second kappa shape index (κ2) is 2.19. The van der Waals surface area contributed by atoms with Crippen LogP contribution in [0.4, 0.5) is 0 Å². The summed E-state index contributed by atoms with van der Waals surface area (Å²) in [5, 5.41) is 12.6. The molecule has 0 aliphatic carbocycles. The summed E-state index contributed by atoms with van der Waals surface area (Å²) in [6, 6.07) is 0. The summed E-state index contributed by atoms with van der Waals surface area (Å²) >= 11 is 0. The first-order valence-corrected chi connectivity index (χ1v) is 3.86. The van der Waals surface area contributed by atoms with Crippen LogP contribution in [0.2, 0.25) is 0 Å². The molecule has 0 amide bonds. The van der Waals surface area contributed by atoms with Crippen molar-refractivity contribution in [1.82, 2.24) is 5.32 Å². The molecular formula is C7H13NO2. The number of aliphatic hydroxyl groups excluding tert-OH is 1. The molecule has 58 valence electrons. The largest absolute Gasteiger partial charge is 0.390 e. The Bertz CT molecular complexity index is 134. The van der Waals surface area contributed by atoms with Gasteiger partial charge in [0.15, 0.2) is 0 Å². The Morgan fingerprint density at radius 3 is 2.70 bits per heavy atom. The third-order valence-electron chi connectivity index (χ3n) is 2.47. The SMILES string of the molecule is OC1CCCOC12CNC2. The summed E-state index contributed by atoms with van der Waals surface area (Å²) < 4.78 is 5.50. The molecule has 2 rings (SSSR count). The van der Waals surface area contributed by atoms with Crippen molar-refractivity contribution in [2.75, 3.05) is 19.7 Å². The van der Waals surface area contributed by atoms with Crippen molar-refractivity contribution in [3.8, 4) is 0 Å². The zero-order valence-corrected chi connectivity index (χ0v) is 5.97. The van der Waals surface area contributed by atoms with Gasteiger partial charge in [0.05, 0.1) is 6.10 Å². The van der Waals surface area contributed by atoms with Crippen LogP contribution in [0.25, 0.3) is 0 Å². The second-order valence-electron chi connectivity index (χ2n) is 3.17. The first-order chi connectivity index (χ1) is 4.83. The Kier molecular flexibility index (Phi) is 1.44. The van der Waals surface area contributed by atoms with E-state index in [0.717, 1.165) is 32.5 Å². The van der Waals surface area contributed by atoms with Crippen molar-refractivity contribution >= 4 is 0 Å². The van der Waals surface area contributed by atoms with Gasteiger partial charge >= 0.3 is 0 Å². The van der Waals surface area contributed by atoms with Gasteiger partial charge in [-0.2, -0.15) is 0 Å². The van der Waals surface area contributed by atoms with Gasteiger partial charge in [-0.05, 0) is 12.8 Å². The van der Waals surface area contributed by atoms with Gasteiger partial charge in [0.25, 0.3) is 0 Å². The van der Waals surface area contributed by atoms with Gasteiger partial charge in [-0.3, -0.25) is 0 Å². The lowest BCUT2D eigenvalue weighted by molar-refractivity contribution is -0.177. The molecule has 3 heteroatoms. The highest BCUT2D eigenvalue weighted by molar-refractivity contribution is 5.01. The Morgan fingerprint density at radius 2 is 2.30 bits per heavy atom. The molecule has 1 unspecified atom stereocenters. The lowest BCUT2D eigenvalue weighted by atomic mass is 9.85. The number of hydrogen-bond acceptors (Lipinski definition) is 3. The van der Waals surface area contributed by atoms with E-state index in [1.165, 1.54) is 0 Å². The molecule has 3 nitrogen and oxygen atoms in total. The van der Waals surface area contributed by atoms with Gasteiger partial charge in [-0.15, -0.1) is 0 Å². The Hall–Kier alpha value is -0.120. The molecule has 1 spiro atoms. The van der Waals surface area contributed by atoms with Crippen LogP contribution in [0.1, 0.15) is 12.8 Å². The predicted octanol–water partition coefficient (Wildman–Crippen LogP) is -0.500. The van der Waals surface area contributed by atoms with E-state index in [4.69, 9.17) is 4.74 Å². The predicted molar refractivity (Wildman–Crippen MR) is 36.8 cm³/mol. The fourth-order valence-electron chi connectivity index (χ4n) is 1.62. The van der Waals surface area contributed by atoms with Crippen molar-refractivity contribution in [3.63, 3.8) is 0 Å². The minimum Gasteiger partial charge on any atom is -0.390 e. The third-order valence-corrected chi connectivity index (χ3v) is 2.47. The van der Waals surface area contributed by atoms with Crippen LogP contribution in [-0.4, -0.2) is 36.5 Å². The third kappa shape index (κ3) is 0.779. The smallest absolute Gasteiger partial charge is 0.119 e. The summed E-state index contributed by atoms with van der Waals surface area (Å²) in [5.41, 5.74) is -0.196. The van der Waals surface area contributed by atoms with E-state index in [1.807, 2.05) is 0 Å². The molecule has 2 N–H and O–H groups in total. The quantitative estimate of drug-likeness (QED) is 0.480. The fraction of sp³-hybridized carbons (Fsp3) is 1.00. The Balaban J connectivity index is 2.03. The molecule has 2 fully saturated rings. The van der Waals surface area contributed by atoms with Crippen LogP contribution in [0, 0.1) is 0 Å². The van der Waals surface area contributed by atoms with E-state index in [9.17, 15) is 5.11 Å². The maximum Gasteiger partial charge on any atom is 0.119 e. The van der Waals surface area contributed by atoms with E-state index >= 15 is 0 Å². The standard InChI is InChI=1S/C7H13NO2/c9-6-2-1-3-10-7(6)4-8-5-7/h6,8-9H,1-5H2. The van der Waals surface area contributed by atoms with Crippen LogP contribution >= 0.6 is 0 Å². The summed E-state index contributed by atoms with van der Waals surface area (Å²) in [5.74, 6) is 0. The minimum atomic E-state index is -0.234. The average Bonchev–Trinajstić information content (AvgIpc) is 1.85. The van der Waals surface area contributed by atoms with Gasteiger partial charge < -0.3 is 15.2 Å². The van der Waals surface area contributed by atoms with E-state index in [0.29, 0.717) is 0 Å². The molecule has 0 aromatic rings. The van der Waals surface area contributed by atoms with Gasteiger partial charge in [0.2, 0.25) is 0 Å². The van der Waals surface area contributed by atoms with Gasteiger partial charge in [-0.25, -0.2) is 0 Å². The van der Waals surface area contributed by atoms with E-state index in [-0.39, 0.29) is 11.7 Å². The highest BCUT2D eigenvalue weighted by atomic mass is 16.5. The lowest BCUT2D eigenvalue weighted by Crippen LogP contribution is -2.68. The van der Waals surface area contributed by atoms with Crippen molar-refractivity contribution in [2.45, 2.75) is 24.5 Å². The van der Waals surface area contributed by atoms with E-state index in [1.54, 1.807) is 0 Å². The zero-order valence-electron chi connectivity index (χ0n) is 5.97. The average molecular weight is 143 g/mol. The van der Waals surface area contributed by atoms with E-state index in [2.05, 4.69) is 5.32 Å². The number of nitrogens with one attached hydrogen (secondary N) is 1. The maximum atomic E-state index is 9.51. The molecule has 2 aliphatic heterocycles. The van der Waals surface area contributed by atoms with Gasteiger partial charge in [0.1, 0.15) is 5.60 Å². The first kappa shape index (κ1) is 6.58. The highest BCUT2D eigenvalue weighted by Gasteiger charge is 2.46. The Labute approximate surface area is 60.4 Å². The molecule has 0 aromatic carbocycles.